The summed E-state index contributed by atoms with van der Waals surface area (Å²) < 4.78 is 15.8. The summed E-state index contributed by atoms with van der Waals surface area (Å²) in [5.74, 6) is -0.310. The Morgan fingerprint density at radius 2 is 1.33 bits per heavy atom. The largest absolute Gasteiger partial charge is 0.510 e. The number of alkyl halides is 1. The molecule has 1 saturated heterocycles. The number of halogens is 1. The van der Waals surface area contributed by atoms with Crippen molar-refractivity contribution in [3.63, 3.8) is 0 Å². The summed E-state index contributed by atoms with van der Waals surface area (Å²) in [4.78, 5) is 84.5. The van der Waals surface area contributed by atoms with Crippen LogP contribution in [-0.2, 0) is 51.0 Å². The summed E-state index contributed by atoms with van der Waals surface area (Å²) in [5.41, 5.74) is 0.0668. The van der Waals surface area contributed by atoms with Gasteiger partial charge in [0.2, 0.25) is 23.6 Å². The number of hydrogen-bond acceptors (Lipinski definition) is 10. The van der Waals surface area contributed by atoms with Gasteiger partial charge in [0.15, 0.2) is 18.0 Å². The molecule has 1 aliphatic rings. The summed E-state index contributed by atoms with van der Waals surface area (Å²) in [6.07, 6.45) is 5.98. The third kappa shape index (κ3) is 17.6. The Labute approximate surface area is 368 Å². The van der Waals surface area contributed by atoms with E-state index in [0.29, 0.717) is 39.1 Å². The maximum absolute atomic E-state index is 14.3. The third-order valence-corrected chi connectivity index (χ3v) is 11.4. The van der Waals surface area contributed by atoms with Crippen molar-refractivity contribution in [1.82, 2.24) is 26.2 Å². The van der Waals surface area contributed by atoms with Gasteiger partial charge in [-0.05, 0) is 62.0 Å². The number of terminal acetylenes is 1. The highest BCUT2D eigenvalue weighted by atomic mass is 127. The second-order valence-corrected chi connectivity index (χ2v) is 16.8. The van der Waals surface area contributed by atoms with E-state index in [0.717, 1.165) is 11.1 Å². The van der Waals surface area contributed by atoms with E-state index in [-0.39, 0.29) is 61.0 Å². The fraction of sp³-hybridized carbons (Fsp3) is 0.556. The zero-order valence-electron chi connectivity index (χ0n) is 35.5. The van der Waals surface area contributed by atoms with Gasteiger partial charge in [-0.2, -0.15) is 0 Å². The second-order valence-electron chi connectivity index (χ2n) is 16.1. The summed E-state index contributed by atoms with van der Waals surface area (Å²) in [6, 6.07) is 14.4. The molecule has 0 spiro atoms. The number of ketones is 1. The summed E-state index contributed by atoms with van der Waals surface area (Å²) in [7, 11) is 0. The summed E-state index contributed by atoms with van der Waals surface area (Å²) in [6.45, 7) is 11.2. The van der Waals surface area contributed by atoms with Crippen LogP contribution in [0.5, 0.6) is 0 Å². The molecule has 1 aliphatic heterocycles. The molecule has 14 nitrogen and oxygen atoms in total. The Morgan fingerprint density at radius 1 is 0.767 bits per heavy atom. The van der Waals surface area contributed by atoms with Crippen LogP contribution in [0.2, 0.25) is 0 Å². The van der Waals surface area contributed by atoms with E-state index < -0.39 is 59.4 Å². The smallest absolute Gasteiger partial charge is 0.421 e. The van der Waals surface area contributed by atoms with Crippen molar-refractivity contribution in [2.24, 2.45) is 11.8 Å². The van der Waals surface area contributed by atoms with Gasteiger partial charge in [-0.1, -0.05) is 117 Å². The van der Waals surface area contributed by atoms with Crippen molar-refractivity contribution in [3.8, 4) is 12.3 Å². The van der Waals surface area contributed by atoms with Crippen LogP contribution < -0.4 is 21.3 Å². The number of carbonyl (C=O) groups excluding carboxylic acids is 6. The van der Waals surface area contributed by atoms with Crippen molar-refractivity contribution in [2.75, 3.05) is 43.9 Å². The quantitative estimate of drug-likeness (QED) is 0.0517. The normalized spacial score (nSPS) is 15.9. The zero-order valence-corrected chi connectivity index (χ0v) is 37.7. The van der Waals surface area contributed by atoms with E-state index >= 15 is 0 Å². The van der Waals surface area contributed by atoms with Gasteiger partial charge in [0.05, 0.1) is 25.8 Å². The first-order valence-electron chi connectivity index (χ1n) is 20.6. The topological polar surface area (TPSA) is 181 Å². The molecule has 15 heteroatoms. The molecule has 60 heavy (non-hydrogen) atoms. The number of morpholine rings is 1. The van der Waals surface area contributed by atoms with Crippen molar-refractivity contribution < 1.29 is 43.0 Å². The molecular weight excluding hydrogens is 881 g/mol. The van der Waals surface area contributed by atoms with E-state index in [4.69, 9.17) is 20.6 Å². The van der Waals surface area contributed by atoms with Crippen LogP contribution in [-0.4, -0.2) is 114 Å². The third-order valence-electron chi connectivity index (χ3n) is 9.97. The molecule has 3 rings (SSSR count). The Kier molecular flexibility index (Phi) is 21.6. The van der Waals surface area contributed by atoms with Gasteiger partial charge in [-0.3, -0.25) is 28.9 Å². The molecule has 0 aliphatic carbocycles. The lowest BCUT2D eigenvalue weighted by atomic mass is 9.91. The molecule has 5 atom stereocenters. The molecule has 1 fully saturated rings. The van der Waals surface area contributed by atoms with Crippen LogP contribution in [0.1, 0.15) is 71.4 Å². The first-order valence-corrected chi connectivity index (χ1v) is 22.1. The van der Waals surface area contributed by atoms with Crippen LogP contribution in [0.3, 0.4) is 0 Å². The number of ether oxygens (including phenoxy) is 3. The lowest BCUT2D eigenvalue weighted by Crippen LogP contribution is -2.60. The van der Waals surface area contributed by atoms with Crippen molar-refractivity contribution in [3.05, 3.63) is 71.8 Å². The second kappa shape index (κ2) is 25.9. The molecule has 2 aromatic rings. The molecule has 2 aromatic carbocycles. The van der Waals surface area contributed by atoms with Crippen LogP contribution in [0.25, 0.3) is 0 Å². The Morgan fingerprint density at radius 3 is 1.92 bits per heavy atom. The fourth-order valence-electron chi connectivity index (χ4n) is 6.60. The predicted molar refractivity (Wildman–Crippen MR) is 237 cm³/mol. The number of aryl methyl sites for hydroxylation is 1. The number of benzene rings is 2. The molecule has 4 N–H and O–H groups in total. The van der Waals surface area contributed by atoms with Gasteiger partial charge in [0, 0.05) is 23.9 Å². The summed E-state index contributed by atoms with van der Waals surface area (Å²) in [5, 5.41) is 11.5. The number of Topliss-reactive ketones (excluding diaryl/α,β-unsaturated/α-hetero) is 1. The van der Waals surface area contributed by atoms with Crippen molar-refractivity contribution >= 4 is 58.2 Å². The van der Waals surface area contributed by atoms with Gasteiger partial charge >= 0.3 is 6.16 Å². The molecule has 4 amide bonds. The molecule has 1 unspecified atom stereocenters. The van der Waals surface area contributed by atoms with Gasteiger partial charge in [-0.25, -0.2) is 4.79 Å². The minimum Gasteiger partial charge on any atom is -0.421 e. The van der Waals surface area contributed by atoms with E-state index in [1.807, 2.05) is 116 Å². The van der Waals surface area contributed by atoms with E-state index in [1.165, 1.54) is 6.92 Å². The first-order chi connectivity index (χ1) is 28.6. The molecule has 0 radical (unpaired) electrons. The SMILES string of the molecule is C#CCOC(=O)OC(C)(CI)C(=O)[C@H](CCC(C)C)NC(=O)[C@H](Cc1ccccc1)NC(=O)[C@H](CC(C)C)NC(=O)[C@H](CCc1ccccc1)NC(=O)CN1CCOCC1. The minimum atomic E-state index is -1.67. The lowest BCUT2D eigenvalue weighted by Gasteiger charge is -2.31. The van der Waals surface area contributed by atoms with Crippen LogP contribution in [0, 0.1) is 24.2 Å². The first kappa shape index (κ1) is 49.8. The van der Waals surface area contributed by atoms with Gasteiger partial charge in [0.1, 0.15) is 18.1 Å². The molecule has 0 saturated carbocycles. The standard InChI is InChI=1S/C45H62IN5O9/c1-7-24-59-44(57)60-45(6,30-46)40(53)35(20-18-31(2)3)48-43(56)38(28-34-16-12-9-13-17-34)50-42(55)37(27-32(4)5)49-41(54)36(21-19-33-14-10-8-11-15-33)47-39(52)29-51-22-25-58-26-23-51/h1,8-17,31-32,35-38H,18-30H2,2-6H3,(H,47,52)(H,48,56)(H,49,54)(H,50,55)/t35-,36-,37-,38-,45?/m0/s1. The Bertz CT molecular complexity index is 1730. The summed E-state index contributed by atoms with van der Waals surface area (Å²) >= 11 is 1.93. The van der Waals surface area contributed by atoms with E-state index in [1.54, 1.807) is 0 Å². The zero-order chi connectivity index (χ0) is 44.1. The number of rotatable bonds is 24. The van der Waals surface area contributed by atoms with Crippen LogP contribution in [0.15, 0.2) is 60.7 Å². The van der Waals surface area contributed by atoms with Gasteiger partial charge < -0.3 is 35.5 Å². The fourth-order valence-corrected chi connectivity index (χ4v) is 7.13. The van der Waals surface area contributed by atoms with E-state index in [9.17, 15) is 28.8 Å². The van der Waals surface area contributed by atoms with Gasteiger partial charge in [0.25, 0.3) is 0 Å². The number of amides is 4. The molecule has 0 aromatic heterocycles. The molecule has 1 heterocycles. The average molecular weight is 944 g/mol. The molecule has 328 valence electrons. The maximum atomic E-state index is 14.3. The van der Waals surface area contributed by atoms with E-state index in [2.05, 4.69) is 27.2 Å². The highest BCUT2D eigenvalue weighted by Crippen LogP contribution is 2.22. The number of nitrogens with one attached hydrogen (secondary N) is 4. The highest BCUT2D eigenvalue weighted by Gasteiger charge is 2.42. The molecular formula is C45H62IN5O9. The van der Waals surface area contributed by atoms with Gasteiger partial charge in [-0.15, -0.1) is 6.42 Å². The lowest BCUT2D eigenvalue weighted by molar-refractivity contribution is -0.141. The molecule has 0 bridgehead atoms. The number of hydrogen-bond donors (Lipinski definition) is 4. The Hall–Kier alpha value is -4.53. The minimum absolute atomic E-state index is 0.0440. The average Bonchev–Trinajstić information content (AvgIpc) is 3.22. The van der Waals surface area contributed by atoms with Crippen molar-refractivity contribution in [2.45, 2.75) is 103 Å². The van der Waals surface area contributed by atoms with Crippen molar-refractivity contribution in [1.29, 1.82) is 0 Å². The maximum Gasteiger partial charge on any atom is 0.510 e. The number of carbonyl (C=O) groups is 6. The van der Waals surface area contributed by atoms with Crippen LogP contribution in [0.4, 0.5) is 4.79 Å². The highest BCUT2D eigenvalue weighted by molar-refractivity contribution is 14.1. The number of nitrogens with zero attached hydrogens (tertiary/aromatic N) is 1. The van der Waals surface area contributed by atoms with Crippen LogP contribution >= 0.6 is 22.6 Å². The Balaban J connectivity index is 1.88. The monoisotopic (exact) mass is 943 g/mol. The predicted octanol–water partition coefficient (Wildman–Crippen LogP) is 4.16.